The number of halogens is 2. The van der Waals surface area contributed by atoms with E-state index >= 15 is 0 Å². The van der Waals surface area contributed by atoms with Gasteiger partial charge in [0.25, 0.3) is 0 Å². The van der Waals surface area contributed by atoms with Gasteiger partial charge in [-0.05, 0) is 114 Å². The third-order valence-electron chi connectivity index (χ3n) is 6.18. The van der Waals surface area contributed by atoms with Gasteiger partial charge in [0.05, 0.1) is 5.52 Å². The standard InChI is InChI=1S/C24H24ClIN2O/c1-15(24(29)28-20-9-6-18(25)7-10-20)16-2-4-17(5-3-16)21-12-13-27-23-11-8-19(26)14-22(21)23/h6-17H,2-5H2,1H3,(H,28,29)/t15-,16-,17-/m1/s1. The van der Waals surface area contributed by atoms with Crippen molar-refractivity contribution in [3.8, 4) is 0 Å². The molecule has 0 saturated heterocycles. The number of fused-ring (bicyclic) bond motifs is 1. The quantitative estimate of drug-likeness (QED) is 0.376. The van der Waals surface area contributed by atoms with Crippen molar-refractivity contribution in [3.63, 3.8) is 0 Å². The first-order valence-electron chi connectivity index (χ1n) is 10.1. The molecule has 1 aliphatic rings. The van der Waals surface area contributed by atoms with Gasteiger partial charge in [-0.25, -0.2) is 0 Å². The Morgan fingerprint density at radius 3 is 2.55 bits per heavy atom. The van der Waals surface area contributed by atoms with Crippen molar-refractivity contribution in [1.29, 1.82) is 0 Å². The Kier molecular flexibility index (Phi) is 6.40. The van der Waals surface area contributed by atoms with Gasteiger partial charge in [-0.15, -0.1) is 0 Å². The Bertz CT molecular complexity index is 1010. The summed E-state index contributed by atoms with van der Waals surface area (Å²) in [6, 6.07) is 15.9. The van der Waals surface area contributed by atoms with Crippen LogP contribution in [0.4, 0.5) is 5.69 Å². The summed E-state index contributed by atoms with van der Waals surface area (Å²) in [6.07, 6.45) is 6.32. The van der Waals surface area contributed by atoms with Crippen molar-refractivity contribution < 1.29 is 4.79 Å². The van der Waals surface area contributed by atoms with Gasteiger partial charge in [-0.2, -0.15) is 0 Å². The number of aromatic nitrogens is 1. The van der Waals surface area contributed by atoms with Crippen LogP contribution in [0.2, 0.25) is 5.02 Å². The summed E-state index contributed by atoms with van der Waals surface area (Å²) in [4.78, 5) is 17.2. The molecular weight excluding hydrogens is 495 g/mol. The summed E-state index contributed by atoms with van der Waals surface area (Å²) >= 11 is 8.29. The molecule has 0 unspecified atom stereocenters. The number of anilines is 1. The summed E-state index contributed by atoms with van der Waals surface area (Å²) in [6.45, 7) is 2.06. The summed E-state index contributed by atoms with van der Waals surface area (Å²) in [5, 5.41) is 4.98. The lowest BCUT2D eigenvalue weighted by Crippen LogP contribution is -2.29. The van der Waals surface area contributed by atoms with Gasteiger partial charge in [0.15, 0.2) is 0 Å². The van der Waals surface area contributed by atoms with E-state index in [1.54, 1.807) is 12.1 Å². The lowest BCUT2D eigenvalue weighted by atomic mass is 9.73. The van der Waals surface area contributed by atoms with Crippen molar-refractivity contribution in [2.45, 2.75) is 38.5 Å². The molecule has 1 aromatic heterocycles. The lowest BCUT2D eigenvalue weighted by molar-refractivity contribution is -0.121. The van der Waals surface area contributed by atoms with Crippen LogP contribution in [0.25, 0.3) is 10.9 Å². The van der Waals surface area contributed by atoms with Crippen molar-refractivity contribution in [1.82, 2.24) is 4.98 Å². The van der Waals surface area contributed by atoms with Crippen LogP contribution in [0.1, 0.15) is 44.1 Å². The second-order valence-electron chi connectivity index (χ2n) is 7.96. The minimum absolute atomic E-state index is 0.00163. The molecule has 0 spiro atoms. The molecule has 0 bridgehead atoms. The molecule has 2 aromatic carbocycles. The number of nitrogens with one attached hydrogen (secondary N) is 1. The van der Waals surface area contributed by atoms with Gasteiger partial charge in [0, 0.05) is 31.8 Å². The molecule has 1 amide bonds. The average Bonchev–Trinajstić information content (AvgIpc) is 2.74. The predicted octanol–water partition coefficient (Wildman–Crippen LogP) is 7.04. The number of amides is 1. The molecule has 5 heteroatoms. The van der Waals surface area contributed by atoms with E-state index in [2.05, 4.69) is 64.1 Å². The molecule has 29 heavy (non-hydrogen) atoms. The molecule has 1 atom stereocenters. The van der Waals surface area contributed by atoms with Crippen LogP contribution >= 0.6 is 34.2 Å². The molecule has 150 valence electrons. The highest BCUT2D eigenvalue weighted by atomic mass is 127. The lowest BCUT2D eigenvalue weighted by Gasteiger charge is -2.32. The normalized spacial score (nSPS) is 20.4. The van der Waals surface area contributed by atoms with E-state index in [9.17, 15) is 4.79 Å². The number of carbonyl (C=O) groups excluding carboxylic acids is 1. The zero-order chi connectivity index (χ0) is 20.4. The summed E-state index contributed by atoms with van der Waals surface area (Å²) in [7, 11) is 0. The van der Waals surface area contributed by atoms with Gasteiger partial charge in [-0.3, -0.25) is 9.78 Å². The minimum atomic E-state index is 0.00163. The fraction of sp³-hybridized carbons (Fsp3) is 0.333. The van der Waals surface area contributed by atoms with E-state index in [1.165, 1.54) is 14.5 Å². The SMILES string of the molecule is C[C@@H](C(=O)Nc1ccc(Cl)cc1)[C@H]1CC[C@H](c2ccnc3ccc(I)cc32)CC1. The number of pyridine rings is 1. The van der Waals surface area contributed by atoms with Crippen LogP contribution in [0.5, 0.6) is 0 Å². The molecule has 1 heterocycles. The van der Waals surface area contributed by atoms with Crippen molar-refractivity contribution in [2.24, 2.45) is 11.8 Å². The smallest absolute Gasteiger partial charge is 0.227 e. The molecule has 1 saturated carbocycles. The Hall–Kier alpha value is -1.66. The van der Waals surface area contributed by atoms with E-state index < -0.39 is 0 Å². The van der Waals surface area contributed by atoms with Crippen molar-refractivity contribution in [2.75, 3.05) is 5.32 Å². The molecule has 0 aliphatic heterocycles. The van der Waals surface area contributed by atoms with Crippen molar-refractivity contribution >= 4 is 56.7 Å². The number of hydrogen-bond donors (Lipinski definition) is 1. The van der Waals surface area contributed by atoms with Gasteiger partial charge in [-0.1, -0.05) is 18.5 Å². The maximum Gasteiger partial charge on any atom is 0.227 e. The minimum Gasteiger partial charge on any atom is -0.326 e. The molecule has 3 aromatic rings. The highest BCUT2D eigenvalue weighted by Crippen LogP contribution is 2.41. The Balaban J connectivity index is 1.41. The highest BCUT2D eigenvalue weighted by Gasteiger charge is 2.30. The van der Waals surface area contributed by atoms with Crippen LogP contribution < -0.4 is 5.32 Å². The van der Waals surface area contributed by atoms with E-state index in [1.807, 2.05) is 18.3 Å². The molecule has 1 N–H and O–H groups in total. The summed E-state index contributed by atoms with van der Waals surface area (Å²) < 4.78 is 1.24. The number of benzene rings is 2. The second kappa shape index (κ2) is 9.00. The second-order valence-corrected chi connectivity index (χ2v) is 9.64. The number of carbonyl (C=O) groups is 1. The molecule has 1 fully saturated rings. The maximum atomic E-state index is 12.7. The Morgan fingerprint density at radius 2 is 1.83 bits per heavy atom. The average molecular weight is 519 g/mol. The van der Waals surface area contributed by atoms with E-state index in [0.717, 1.165) is 36.9 Å². The molecule has 1 aliphatic carbocycles. The van der Waals surface area contributed by atoms with E-state index in [4.69, 9.17) is 11.6 Å². The monoisotopic (exact) mass is 518 g/mol. The fourth-order valence-corrected chi connectivity index (χ4v) is 5.05. The van der Waals surface area contributed by atoms with Crippen LogP contribution in [0.15, 0.2) is 54.7 Å². The highest BCUT2D eigenvalue weighted by molar-refractivity contribution is 14.1. The molecular formula is C24H24ClIN2O. The zero-order valence-corrected chi connectivity index (χ0v) is 19.3. The largest absolute Gasteiger partial charge is 0.326 e. The predicted molar refractivity (Wildman–Crippen MR) is 128 cm³/mol. The van der Waals surface area contributed by atoms with Gasteiger partial charge >= 0.3 is 0 Å². The first kappa shape index (κ1) is 20.6. The topological polar surface area (TPSA) is 42.0 Å². The fourth-order valence-electron chi connectivity index (χ4n) is 4.43. The third-order valence-corrected chi connectivity index (χ3v) is 7.10. The third kappa shape index (κ3) is 4.75. The zero-order valence-electron chi connectivity index (χ0n) is 16.4. The van der Waals surface area contributed by atoms with Crippen LogP contribution in [-0.2, 0) is 4.79 Å². The van der Waals surface area contributed by atoms with Crippen LogP contribution in [0.3, 0.4) is 0 Å². The maximum absolute atomic E-state index is 12.7. The number of hydrogen-bond acceptors (Lipinski definition) is 2. The molecule has 3 nitrogen and oxygen atoms in total. The number of nitrogens with zero attached hydrogens (tertiary/aromatic N) is 1. The first-order valence-corrected chi connectivity index (χ1v) is 11.6. The summed E-state index contributed by atoms with van der Waals surface area (Å²) in [5.41, 5.74) is 3.28. The molecule has 4 rings (SSSR count). The van der Waals surface area contributed by atoms with Crippen LogP contribution in [-0.4, -0.2) is 10.9 Å². The number of rotatable bonds is 4. The van der Waals surface area contributed by atoms with Crippen molar-refractivity contribution in [3.05, 3.63) is 68.9 Å². The summed E-state index contributed by atoms with van der Waals surface area (Å²) in [5.74, 6) is 1.06. The Labute approximate surface area is 190 Å². The van der Waals surface area contributed by atoms with Gasteiger partial charge in [0.1, 0.15) is 0 Å². The van der Waals surface area contributed by atoms with Crippen LogP contribution in [0, 0.1) is 15.4 Å². The van der Waals surface area contributed by atoms with E-state index in [-0.39, 0.29) is 11.8 Å². The first-order chi connectivity index (χ1) is 14.0. The van der Waals surface area contributed by atoms with Gasteiger partial charge in [0.2, 0.25) is 5.91 Å². The van der Waals surface area contributed by atoms with Gasteiger partial charge < -0.3 is 5.32 Å². The van der Waals surface area contributed by atoms with E-state index in [0.29, 0.717) is 16.9 Å². The Morgan fingerprint density at radius 1 is 1.10 bits per heavy atom. The molecule has 0 radical (unpaired) electrons.